The molecular formula is C31H44O4. The topological polar surface area (TPSA) is 44.8 Å². The zero-order chi connectivity index (χ0) is 25.1. The van der Waals surface area contributed by atoms with Crippen molar-refractivity contribution < 1.29 is 19.0 Å². The summed E-state index contributed by atoms with van der Waals surface area (Å²) in [6.07, 6.45) is 17.7. The number of hydrogen-bond donors (Lipinski definition) is 0. The van der Waals surface area contributed by atoms with Crippen molar-refractivity contribution in [3.8, 4) is 17.2 Å². The van der Waals surface area contributed by atoms with Crippen molar-refractivity contribution in [2.45, 2.75) is 97.5 Å². The van der Waals surface area contributed by atoms with E-state index >= 15 is 0 Å². The molecule has 2 aromatic rings. The van der Waals surface area contributed by atoms with Gasteiger partial charge in [0.1, 0.15) is 17.2 Å². The smallest absolute Gasteiger partial charge is 0.343 e. The number of carbonyl (C=O) groups excluding carboxylic acids is 1. The Labute approximate surface area is 212 Å². The van der Waals surface area contributed by atoms with Crippen LogP contribution < -0.4 is 14.2 Å². The minimum atomic E-state index is -0.384. The first kappa shape index (κ1) is 28.5. The van der Waals surface area contributed by atoms with Crippen LogP contribution in [0.5, 0.6) is 17.2 Å². The number of hydrogen-bond acceptors (Lipinski definition) is 4. The van der Waals surface area contributed by atoms with Gasteiger partial charge in [-0.2, -0.15) is 0 Å². The minimum Gasteiger partial charge on any atom is -0.494 e. The van der Waals surface area contributed by atoms with Gasteiger partial charge in [-0.1, -0.05) is 58.1 Å². The molecule has 0 bridgehead atoms. The lowest BCUT2D eigenvalue weighted by Gasteiger charge is -2.14. The van der Waals surface area contributed by atoms with Crippen LogP contribution in [0.3, 0.4) is 0 Å². The average molecular weight is 481 g/mol. The van der Waals surface area contributed by atoms with Gasteiger partial charge in [-0.15, -0.1) is 0 Å². The second-order valence-electron chi connectivity index (χ2n) is 9.12. The van der Waals surface area contributed by atoms with E-state index in [9.17, 15) is 4.79 Å². The zero-order valence-electron chi connectivity index (χ0n) is 22.0. The molecule has 2 aromatic carbocycles. The summed E-state index contributed by atoms with van der Waals surface area (Å²) in [6, 6.07) is 14.4. The molecule has 0 unspecified atom stereocenters. The van der Waals surface area contributed by atoms with Crippen molar-refractivity contribution in [3.05, 3.63) is 66.2 Å². The molecule has 4 heteroatoms. The zero-order valence-corrected chi connectivity index (χ0v) is 22.0. The van der Waals surface area contributed by atoms with Gasteiger partial charge in [0.25, 0.3) is 0 Å². The van der Waals surface area contributed by atoms with Gasteiger partial charge in [-0.05, 0) is 94.0 Å². The van der Waals surface area contributed by atoms with Crippen LogP contribution in [0, 0.1) is 0 Å². The van der Waals surface area contributed by atoms with Crippen molar-refractivity contribution in [2.75, 3.05) is 6.61 Å². The summed E-state index contributed by atoms with van der Waals surface area (Å²) in [6.45, 7) is 7.21. The van der Waals surface area contributed by atoms with E-state index in [1.54, 1.807) is 24.3 Å². The van der Waals surface area contributed by atoms with Crippen LogP contribution in [0.25, 0.3) is 0 Å². The van der Waals surface area contributed by atoms with E-state index in [4.69, 9.17) is 14.2 Å². The third-order valence-corrected chi connectivity index (χ3v) is 5.85. The summed E-state index contributed by atoms with van der Waals surface area (Å²) in [5.41, 5.74) is 0.497. The Kier molecular flexibility index (Phi) is 14.4. The Morgan fingerprint density at radius 3 is 2.06 bits per heavy atom. The highest BCUT2D eigenvalue weighted by Crippen LogP contribution is 2.21. The van der Waals surface area contributed by atoms with Crippen molar-refractivity contribution in [3.63, 3.8) is 0 Å². The number of ether oxygens (including phenoxy) is 3. The van der Waals surface area contributed by atoms with E-state index in [1.165, 1.54) is 44.9 Å². The second-order valence-corrected chi connectivity index (χ2v) is 9.12. The van der Waals surface area contributed by atoms with E-state index in [0.29, 0.717) is 17.9 Å². The van der Waals surface area contributed by atoms with Crippen LogP contribution in [0.2, 0.25) is 0 Å². The average Bonchev–Trinajstić information content (AvgIpc) is 2.87. The molecule has 0 aliphatic heterocycles. The summed E-state index contributed by atoms with van der Waals surface area (Å²) in [5.74, 6) is 1.68. The predicted molar refractivity (Wildman–Crippen MR) is 145 cm³/mol. The van der Waals surface area contributed by atoms with Gasteiger partial charge in [-0.3, -0.25) is 0 Å². The van der Waals surface area contributed by atoms with Crippen LogP contribution in [0.4, 0.5) is 0 Å². The Bertz CT molecular complexity index is 839. The lowest BCUT2D eigenvalue weighted by Crippen LogP contribution is -2.12. The fourth-order valence-electron chi connectivity index (χ4n) is 3.70. The van der Waals surface area contributed by atoms with Crippen molar-refractivity contribution in [1.82, 2.24) is 0 Å². The van der Waals surface area contributed by atoms with Gasteiger partial charge >= 0.3 is 5.97 Å². The van der Waals surface area contributed by atoms with Crippen LogP contribution >= 0.6 is 0 Å². The van der Waals surface area contributed by atoms with Gasteiger partial charge in [0, 0.05) is 0 Å². The van der Waals surface area contributed by atoms with Crippen LogP contribution in [-0.4, -0.2) is 18.7 Å². The molecule has 192 valence electrons. The fraction of sp³-hybridized carbons (Fsp3) is 0.516. The predicted octanol–water partition coefficient (Wildman–Crippen LogP) is 8.94. The molecule has 0 amide bonds. The van der Waals surface area contributed by atoms with Crippen molar-refractivity contribution >= 4 is 5.97 Å². The molecule has 1 atom stereocenters. The first-order chi connectivity index (χ1) is 17.1. The highest BCUT2D eigenvalue weighted by atomic mass is 16.5. The largest absolute Gasteiger partial charge is 0.494 e. The number of unbranched alkanes of at least 4 members (excludes halogenated alkanes) is 7. The maximum Gasteiger partial charge on any atom is 0.343 e. The molecule has 0 aliphatic carbocycles. The van der Waals surface area contributed by atoms with Gasteiger partial charge in [0.15, 0.2) is 0 Å². The minimum absolute atomic E-state index is 0.165. The molecule has 0 spiro atoms. The Balaban J connectivity index is 1.68. The third kappa shape index (κ3) is 12.5. The van der Waals surface area contributed by atoms with Crippen molar-refractivity contribution in [2.24, 2.45) is 0 Å². The Hall–Kier alpha value is -2.75. The lowest BCUT2D eigenvalue weighted by atomic mass is 10.1. The molecule has 0 N–H and O–H groups in total. The molecule has 0 radical (unpaired) electrons. The first-order valence-electron chi connectivity index (χ1n) is 13.5. The number of benzene rings is 2. The summed E-state index contributed by atoms with van der Waals surface area (Å²) in [4.78, 5) is 12.5. The first-order valence-corrected chi connectivity index (χ1v) is 13.5. The molecule has 0 aliphatic rings. The van der Waals surface area contributed by atoms with E-state index in [-0.39, 0.29) is 12.1 Å². The van der Waals surface area contributed by atoms with E-state index in [1.807, 2.05) is 24.3 Å². The summed E-state index contributed by atoms with van der Waals surface area (Å²) >= 11 is 0. The van der Waals surface area contributed by atoms with Crippen LogP contribution in [0.1, 0.15) is 102 Å². The number of allylic oxidation sites excluding steroid dienone is 2. The van der Waals surface area contributed by atoms with E-state index in [0.717, 1.165) is 37.2 Å². The highest BCUT2D eigenvalue weighted by Gasteiger charge is 2.10. The molecular weight excluding hydrogens is 436 g/mol. The normalized spacial score (nSPS) is 12.0. The number of esters is 1. The number of rotatable bonds is 18. The lowest BCUT2D eigenvalue weighted by molar-refractivity contribution is 0.0734. The Morgan fingerprint density at radius 1 is 0.743 bits per heavy atom. The fourth-order valence-corrected chi connectivity index (χ4v) is 3.70. The SMILES string of the molecule is CCCC/C=C\CCCCOc1ccc(OC(=O)c2ccc(O[C@@H](C)CCCCCC)cc2)cc1. The highest BCUT2D eigenvalue weighted by molar-refractivity contribution is 5.91. The van der Waals surface area contributed by atoms with Gasteiger partial charge in [0.2, 0.25) is 0 Å². The summed E-state index contributed by atoms with van der Waals surface area (Å²) < 4.78 is 17.3. The standard InChI is InChI=1S/C31H44O4/c1-4-6-8-10-11-12-13-15-25-33-28-21-23-30(24-22-28)35-31(32)27-17-19-29(20-18-27)34-26(3)16-14-9-7-5-2/h10-11,17-24,26H,4-9,12-16,25H2,1-3H3/b11-10-/t26-/m0/s1. The van der Waals surface area contributed by atoms with Crippen LogP contribution in [0.15, 0.2) is 60.7 Å². The molecule has 0 heterocycles. The molecule has 2 rings (SSSR count). The molecule has 0 fully saturated rings. The summed E-state index contributed by atoms with van der Waals surface area (Å²) in [5, 5.41) is 0. The van der Waals surface area contributed by atoms with Gasteiger partial charge in [-0.25, -0.2) is 4.79 Å². The maximum absolute atomic E-state index is 12.5. The Morgan fingerprint density at radius 2 is 1.37 bits per heavy atom. The number of carbonyl (C=O) groups is 1. The molecule has 0 saturated carbocycles. The van der Waals surface area contributed by atoms with E-state index in [2.05, 4.69) is 32.9 Å². The molecule has 35 heavy (non-hydrogen) atoms. The molecule has 0 saturated heterocycles. The molecule has 0 aromatic heterocycles. The third-order valence-electron chi connectivity index (χ3n) is 5.85. The van der Waals surface area contributed by atoms with E-state index < -0.39 is 0 Å². The second kappa shape index (κ2) is 17.7. The quantitative estimate of drug-likeness (QED) is 0.0924. The van der Waals surface area contributed by atoms with Crippen LogP contribution in [-0.2, 0) is 0 Å². The molecule has 4 nitrogen and oxygen atoms in total. The van der Waals surface area contributed by atoms with Crippen molar-refractivity contribution in [1.29, 1.82) is 0 Å². The van der Waals surface area contributed by atoms with Gasteiger partial charge < -0.3 is 14.2 Å². The van der Waals surface area contributed by atoms with Gasteiger partial charge in [0.05, 0.1) is 18.3 Å². The summed E-state index contributed by atoms with van der Waals surface area (Å²) in [7, 11) is 0. The maximum atomic E-state index is 12.5. The monoisotopic (exact) mass is 480 g/mol.